The van der Waals surface area contributed by atoms with Gasteiger partial charge in [0.05, 0.1) is 26.7 Å². The van der Waals surface area contributed by atoms with Gasteiger partial charge in [0, 0.05) is 23.7 Å². The van der Waals surface area contributed by atoms with E-state index in [9.17, 15) is 4.79 Å². The molecular weight excluding hydrogens is 468 g/mol. The topological polar surface area (TPSA) is 89.7 Å². The zero-order valence-electron chi connectivity index (χ0n) is 20.1. The van der Waals surface area contributed by atoms with Crippen LogP contribution in [0.5, 0.6) is 11.5 Å². The Bertz CT molecular complexity index is 1140. The van der Waals surface area contributed by atoms with E-state index >= 15 is 0 Å². The number of benzene rings is 2. The van der Waals surface area contributed by atoms with Crippen LogP contribution >= 0.6 is 11.6 Å². The van der Waals surface area contributed by atoms with Crippen LogP contribution in [0.2, 0.25) is 5.02 Å². The summed E-state index contributed by atoms with van der Waals surface area (Å²) in [5.41, 5.74) is 1.97. The Morgan fingerprint density at radius 2 is 2.06 bits per heavy atom. The molecule has 186 valence electrons. The van der Waals surface area contributed by atoms with Crippen molar-refractivity contribution in [3.8, 4) is 22.9 Å². The van der Waals surface area contributed by atoms with Gasteiger partial charge in [0.1, 0.15) is 0 Å². The second-order valence-corrected chi connectivity index (χ2v) is 9.12. The molecule has 0 bridgehead atoms. The maximum absolute atomic E-state index is 12.8. The first kappa shape index (κ1) is 25.0. The highest BCUT2D eigenvalue weighted by Crippen LogP contribution is 2.28. The molecule has 0 spiro atoms. The van der Waals surface area contributed by atoms with Crippen LogP contribution < -0.4 is 14.8 Å². The molecule has 1 aliphatic heterocycles. The van der Waals surface area contributed by atoms with Crippen LogP contribution in [0.25, 0.3) is 11.4 Å². The number of halogens is 1. The van der Waals surface area contributed by atoms with Gasteiger partial charge in [-0.3, -0.25) is 9.69 Å². The van der Waals surface area contributed by atoms with Crippen LogP contribution in [0.3, 0.4) is 0 Å². The van der Waals surface area contributed by atoms with Crippen molar-refractivity contribution in [3.63, 3.8) is 0 Å². The zero-order valence-corrected chi connectivity index (χ0v) is 20.9. The number of hydrogen-bond acceptors (Lipinski definition) is 7. The largest absolute Gasteiger partial charge is 0.493 e. The van der Waals surface area contributed by atoms with Crippen LogP contribution in [0.4, 0.5) is 0 Å². The summed E-state index contributed by atoms with van der Waals surface area (Å²) < 4.78 is 16.1. The molecule has 1 aromatic heterocycles. The van der Waals surface area contributed by atoms with Gasteiger partial charge in [-0.15, -0.1) is 0 Å². The number of rotatable bonds is 10. The number of likely N-dealkylation sites (tertiary alicyclic amines) is 1. The van der Waals surface area contributed by atoms with Gasteiger partial charge in [-0.1, -0.05) is 35.0 Å². The fourth-order valence-corrected chi connectivity index (χ4v) is 4.54. The molecular formula is C26H31ClN4O4. The molecule has 0 radical (unpaired) electrons. The lowest BCUT2D eigenvalue weighted by molar-refractivity contribution is -0.126. The predicted octanol–water partition coefficient (Wildman–Crippen LogP) is 4.37. The van der Waals surface area contributed by atoms with Crippen LogP contribution in [0.15, 0.2) is 47.0 Å². The van der Waals surface area contributed by atoms with Gasteiger partial charge in [-0.25, -0.2) is 0 Å². The Kier molecular flexibility index (Phi) is 8.60. The number of hydrogen-bond donors (Lipinski definition) is 1. The summed E-state index contributed by atoms with van der Waals surface area (Å²) >= 11 is 6.06. The number of piperidine rings is 1. The fraction of sp³-hybridized carbons (Fsp3) is 0.423. The molecule has 8 nitrogen and oxygen atoms in total. The van der Waals surface area contributed by atoms with Crippen molar-refractivity contribution < 1.29 is 18.8 Å². The second kappa shape index (κ2) is 12.0. The smallest absolute Gasteiger partial charge is 0.241 e. The van der Waals surface area contributed by atoms with Crippen LogP contribution in [0.1, 0.15) is 30.7 Å². The Morgan fingerprint density at radius 3 is 2.86 bits per heavy atom. The number of ether oxygens (including phenoxy) is 2. The number of nitrogens with zero attached hydrogens (tertiary/aromatic N) is 3. The first-order chi connectivity index (χ1) is 17.1. The number of amides is 1. The van der Waals surface area contributed by atoms with E-state index in [0.29, 0.717) is 42.1 Å². The van der Waals surface area contributed by atoms with Crippen molar-refractivity contribution in [2.24, 2.45) is 5.92 Å². The van der Waals surface area contributed by atoms with Crippen LogP contribution in [-0.4, -0.2) is 54.8 Å². The van der Waals surface area contributed by atoms with E-state index in [-0.39, 0.29) is 11.8 Å². The minimum atomic E-state index is -0.0415. The first-order valence-corrected chi connectivity index (χ1v) is 12.2. The number of nitrogens with one attached hydrogen (secondary N) is 1. The van der Waals surface area contributed by atoms with E-state index in [1.165, 1.54) is 0 Å². The summed E-state index contributed by atoms with van der Waals surface area (Å²) in [5, 5.41) is 7.81. The molecule has 9 heteroatoms. The van der Waals surface area contributed by atoms with E-state index in [2.05, 4.69) is 20.4 Å². The molecule has 3 aromatic rings. The minimum absolute atomic E-state index is 0.0415. The van der Waals surface area contributed by atoms with Crippen molar-refractivity contribution in [1.82, 2.24) is 20.4 Å². The van der Waals surface area contributed by atoms with Crippen molar-refractivity contribution in [3.05, 3.63) is 58.9 Å². The highest BCUT2D eigenvalue weighted by atomic mass is 35.5. The quantitative estimate of drug-likeness (QED) is 0.415. The molecule has 2 aromatic carbocycles. The third-order valence-electron chi connectivity index (χ3n) is 6.18. The Labute approximate surface area is 210 Å². The lowest BCUT2D eigenvalue weighted by Crippen LogP contribution is -2.43. The van der Waals surface area contributed by atoms with Gasteiger partial charge < -0.3 is 19.3 Å². The molecule has 1 unspecified atom stereocenters. The molecule has 1 fully saturated rings. The van der Waals surface area contributed by atoms with Gasteiger partial charge in [-0.05, 0) is 62.1 Å². The fourth-order valence-electron chi connectivity index (χ4n) is 4.35. The van der Waals surface area contributed by atoms with Crippen molar-refractivity contribution in [2.45, 2.75) is 32.2 Å². The molecule has 1 amide bonds. The molecule has 2 heterocycles. The lowest BCUT2D eigenvalue weighted by Gasteiger charge is -2.30. The zero-order chi connectivity index (χ0) is 24.6. The van der Waals surface area contributed by atoms with Crippen molar-refractivity contribution >= 4 is 17.5 Å². The molecule has 35 heavy (non-hydrogen) atoms. The normalized spacial score (nSPS) is 16.1. The minimum Gasteiger partial charge on any atom is -0.493 e. The van der Waals surface area contributed by atoms with E-state index < -0.39 is 0 Å². The second-order valence-electron chi connectivity index (χ2n) is 8.68. The van der Waals surface area contributed by atoms with Gasteiger partial charge >= 0.3 is 0 Å². The number of aryl methyl sites for hydroxylation is 1. The predicted molar refractivity (Wildman–Crippen MR) is 134 cm³/mol. The van der Waals surface area contributed by atoms with E-state index in [4.69, 9.17) is 25.6 Å². The Hall–Kier alpha value is -3.10. The average Bonchev–Trinajstić information content (AvgIpc) is 3.35. The Morgan fingerprint density at radius 1 is 1.20 bits per heavy atom. The molecule has 4 rings (SSSR count). The van der Waals surface area contributed by atoms with Gasteiger partial charge in [-0.2, -0.15) is 4.98 Å². The summed E-state index contributed by atoms with van der Waals surface area (Å²) in [7, 11) is 3.26. The highest BCUT2D eigenvalue weighted by molar-refractivity contribution is 6.30. The van der Waals surface area contributed by atoms with Crippen molar-refractivity contribution in [2.75, 3.05) is 33.9 Å². The molecule has 1 aliphatic rings. The summed E-state index contributed by atoms with van der Waals surface area (Å²) in [5.74, 6) is 2.55. The Balaban J connectivity index is 1.23. The maximum atomic E-state index is 12.8. The number of aromatic nitrogens is 2. The number of methoxy groups -OCH3 is 2. The lowest BCUT2D eigenvalue weighted by atomic mass is 9.97. The van der Waals surface area contributed by atoms with E-state index in [1.54, 1.807) is 20.3 Å². The summed E-state index contributed by atoms with van der Waals surface area (Å²) in [6.07, 6.45) is 3.55. The number of carbonyl (C=O) groups excluding carboxylic acids is 1. The van der Waals surface area contributed by atoms with Crippen molar-refractivity contribution in [1.29, 1.82) is 0 Å². The molecule has 1 atom stereocenters. The third-order valence-corrected chi connectivity index (χ3v) is 6.41. The van der Waals surface area contributed by atoms with Gasteiger partial charge in [0.15, 0.2) is 11.5 Å². The van der Waals surface area contributed by atoms with Crippen LogP contribution in [-0.2, 0) is 17.8 Å². The molecule has 0 aliphatic carbocycles. The van der Waals surface area contributed by atoms with Gasteiger partial charge in [0.2, 0.25) is 17.6 Å². The van der Waals surface area contributed by atoms with E-state index in [1.807, 2.05) is 36.4 Å². The monoisotopic (exact) mass is 498 g/mol. The average molecular weight is 499 g/mol. The standard InChI is InChI=1S/C26H31ClN4O4/c1-33-22-11-10-18(14-23(22)34-2)6-4-12-28-26(32)20-8-5-13-31(16-20)17-24-29-25(30-35-24)19-7-3-9-21(27)15-19/h3,7,9-11,14-15,20H,4-6,8,12-13,16-17H2,1-2H3,(H,28,32). The highest BCUT2D eigenvalue weighted by Gasteiger charge is 2.26. The first-order valence-electron chi connectivity index (χ1n) is 11.8. The summed E-state index contributed by atoms with van der Waals surface area (Å²) in [6, 6.07) is 13.3. The summed E-state index contributed by atoms with van der Waals surface area (Å²) in [6.45, 7) is 2.74. The molecule has 1 N–H and O–H groups in total. The maximum Gasteiger partial charge on any atom is 0.241 e. The third kappa shape index (κ3) is 6.74. The molecule has 0 saturated carbocycles. The van der Waals surface area contributed by atoms with E-state index in [0.717, 1.165) is 49.1 Å². The summed E-state index contributed by atoms with van der Waals surface area (Å²) in [4.78, 5) is 19.5. The SMILES string of the molecule is COc1ccc(CCCNC(=O)C2CCCN(Cc3nc(-c4cccc(Cl)c4)no3)C2)cc1OC. The van der Waals surface area contributed by atoms with Gasteiger partial charge in [0.25, 0.3) is 0 Å². The molecule has 1 saturated heterocycles. The van der Waals surface area contributed by atoms with Crippen LogP contribution in [0, 0.1) is 5.92 Å². The number of carbonyl (C=O) groups is 1.